The van der Waals surface area contributed by atoms with E-state index in [1.807, 2.05) is 6.07 Å². The number of nitrogens with two attached hydrogens (primary N) is 1. The average Bonchev–Trinajstić information content (AvgIpc) is 2.72. The van der Waals surface area contributed by atoms with Gasteiger partial charge in [-0.05, 0) is 12.0 Å². The van der Waals surface area contributed by atoms with Crippen LogP contribution < -0.4 is 5.73 Å². The van der Waals surface area contributed by atoms with E-state index in [2.05, 4.69) is 34.3 Å². The highest BCUT2D eigenvalue weighted by molar-refractivity contribution is 5.41. The lowest BCUT2D eigenvalue weighted by Crippen LogP contribution is -2.29. The smallest absolute Gasteiger partial charge is 0.170 e. The topological polar surface area (TPSA) is 55.3 Å². The molecule has 0 unspecified atom stereocenters. The van der Waals surface area contributed by atoms with Gasteiger partial charge in [-0.1, -0.05) is 35.5 Å². The first-order chi connectivity index (χ1) is 8.33. The van der Waals surface area contributed by atoms with Crippen LogP contribution in [-0.4, -0.2) is 16.6 Å². The van der Waals surface area contributed by atoms with E-state index in [0.29, 0.717) is 5.82 Å². The van der Waals surface area contributed by atoms with Crippen LogP contribution in [0.25, 0.3) is 0 Å². The SMILES string of the molecule is Nc1noc2c1CCN(Cc1ccccc1)C2. The molecule has 0 amide bonds. The molecule has 0 atom stereocenters. The van der Waals surface area contributed by atoms with Crippen LogP contribution in [0, 0.1) is 0 Å². The highest BCUT2D eigenvalue weighted by atomic mass is 16.5. The quantitative estimate of drug-likeness (QED) is 0.853. The number of aromatic nitrogens is 1. The number of hydrogen-bond donors (Lipinski definition) is 1. The molecule has 2 N–H and O–H groups in total. The van der Waals surface area contributed by atoms with Crippen molar-refractivity contribution in [3.8, 4) is 0 Å². The molecule has 0 spiro atoms. The van der Waals surface area contributed by atoms with Crippen molar-refractivity contribution in [2.24, 2.45) is 0 Å². The predicted molar refractivity (Wildman–Crippen MR) is 65.2 cm³/mol. The van der Waals surface area contributed by atoms with Crippen LogP contribution in [0.5, 0.6) is 0 Å². The maximum absolute atomic E-state index is 5.74. The highest BCUT2D eigenvalue weighted by Crippen LogP contribution is 2.24. The second-order valence-corrected chi connectivity index (χ2v) is 4.42. The van der Waals surface area contributed by atoms with Gasteiger partial charge in [-0.3, -0.25) is 4.90 Å². The molecule has 4 heteroatoms. The molecule has 3 rings (SSSR count). The zero-order valence-electron chi connectivity index (χ0n) is 9.60. The van der Waals surface area contributed by atoms with Gasteiger partial charge in [0, 0.05) is 18.7 Å². The van der Waals surface area contributed by atoms with Gasteiger partial charge < -0.3 is 10.3 Å². The van der Waals surface area contributed by atoms with Crippen LogP contribution in [0.15, 0.2) is 34.9 Å². The minimum absolute atomic E-state index is 0.555. The molecule has 1 aliphatic heterocycles. The molecule has 17 heavy (non-hydrogen) atoms. The lowest BCUT2D eigenvalue weighted by molar-refractivity contribution is 0.210. The monoisotopic (exact) mass is 229 g/mol. The van der Waals surface area contributed by atoms with Gasteiger partial charge in [0.25, 0.3) is 0 Å². The normalized spacial score (nSPS) is 15.8. The number of nitrogens with zero attached hydrogens (tertiary/aromatic N) is 2. The number of rotatable bonds is 2. The van der Waals surface area contributed by atoms with Gasteiger partial charge in [-0.25, -0.2) is 0 Å². The van der Waals surface area contributed by atoms with Crippen molar-refractivity contribution in [3.05, 3.63) is 47.2 Å². The first-order valence-electron chi connectivity index (χ1n) is 5.82. The van der Waals surface area contributed by atoms with Crippen molar-refractivity contribution >= 4 is 5.82 Å². The van der Waals surface area contributed by atoms with Crippen molar-refractivity contribution in [2.75, 3.05) is 12.3 Å². The molecule has 2 heterocycles. The van der Waals surface area contributed by atoms with Crippen molar-refractivity contribution in [2.45, 2.75) is 19.5 Å². The number of nitrogen functional groups attached to an aromatic ring is 1. The number of hydrogen-bond acceptors (Lipinski definition) is 4. The van der Waals surface area contributed by atoms with Crippen LogP contribution in [0.2, 0.25) is 0 Å². The summed E-state index contributed by atoms with van der Waals surface area (Å²) in [6.45, 7) is 2.75. The van der Waals surface area contributed by atoms with Gasteiger partial charge in [0.05, 0.1) is 6.54 Å². The Morgan fingerprint density at radius 1 is 1.29 bits per heavy atom. The first kappa shape index (κ1) is 10.4. The fraction of sp³-hybridized carbons (Fsp3) is 0.308. The van der Waals surface area contributed by atoms with E-state index in [0.717, 1.165) is 37.4 Å². The summed E-state index contributed by atoms with van der Waals surface area (Å²) in [7, 11) is 0. The van der Waals surface area contributed by atoms with E-state index in [1.165, 1.54) is 5.56 Å². The summed E-state index contributed by atoms with van der Waals surface area (Å²) >= 11 is 0. The van der Waals surface area contributed by atoms with E-state index in [9.17, 15) is 0 Å². The maximum atomic E-state index is 5.74. The Morgan fingerprint density at radius 2 is 2.12 bits per heavy atom. The molecule has 0 aliphatic carbocycles. The summed E-state index contributed by atoms with van der Waals surface area (Å²) in [5.41, 5.74) is 8.15. The van der Waals surface area contributed by atoms with Crippen LogP contribution >= 0.6 is 0 Å². The Labute approximate surface area is 100 Å². The standard InChI is InChI=1S/C13H15N3O/c14-13-11-6-7-16(9-12(11)17-15-13)8-10-4-2-1-3-5-10/h1-5H,6-9H2,(H2,14,15). The molecule has 1 aromatic carbocycles. The molecule has 1 aliphatic rings. The minimum Gasteiger partial charge on any atom is -0.381 e. The zero-order valence-corrected chi connectivity index (χ0v) is 9.60. The lowest BCUT2D eigenvalue weighted by Gasteiger charge is -2.25. The van der Waals surface area contributed by atoms with E-state index in [-0.39, 0.29) is 0 Å². The highest BCUT2D eigenvalue weighted by Gasteiger charge is 2.22. The van der Waals surface area contributed by atoms with E-state index < -0.39 is 0 Å². The van der Waals surface area contributed by atoms with Gasteiger partial charge >= 0.3 is 0 Å². The van der Waals surface area contributed by atoms with Gasteiger partial charge in [-0.15, -0.1) is 0 Å². The molecule has 0 saturated heterocycles. The van der Waals surface area contributed by atoms with E-state index in [4.69, 9.17) is 10.3 Å². The number of benzene rings is 1. The summed E-state index contributed by atoms with van der Waals surface area (Å²) in [5.74, 6) is 1.48. The lowest BCUT2D eigenvalue weighted by atomic mass is 10.1. The Kier molecular flexibility index (Phi) is 2.57. The van der Waals surface area contributed by atoms with Gasteiger partial charge in [0.1, 0.15) is 0 Å². The van der Waals surface area contributed by atoms with Gasteiger partial charge in [0.2, 0.25) is 0 Å². The summed E-state index contributed by atoms with van der Waals surface area (Å²) < 4.78 is 5.24. The average molecular weight is 229 g/mol. The van der Waals surface area contributed by atoms with E-state index in [1.54, 1.807) is 0 Å². The Hall–Kier alpha value is -1.81. The summed E-state index contributed by atoms with van der Waals surface area (Å²) in [6, 6.07) is 10.5. The molecule has 0 fully saturated rings. The molecule has 1 aromatic heterocycles. The molecule has 0 radical (unpaired) electrons. The van der Waals surface area contributed by atoms with Gasteiger partial charge in [0.15, 0.2) is 11.6 Å². The molecule has 2 aromatic rings. The molecular weight excluding hydrogens is 214 g/mol. The third kappa shape index (κ3) is 2.03. The third-order valence-corrected chi connectivity index (χ3v) is 3.19. The second-order valence-electron chi connectivity index (χ2n) is 4.42. The minimum atomic E-state index is 0.555. The van der Waals surface area contributed by atoms with Crippen LogP contribution in [-0.2, 0) is 19.5 Å². The summed E-state index contributed by atoms with van der Waals surface area (Å²) in [4.78, 5) is 2.35. The number of anilines is 1. The molecule has 88 valence electrons. The zero-order chi connectivity index (χ0) is 11.7. The summed E-state index contributed by atoms with van der Waals surface area (Å²) in [6.07, 6.45) is 0.928. The van der Waals surface area contributed by atoms with Crippen molar-refractivity contribution in [1.29, 1.82) is 0 Å². The largest absolute Gasteiger partial charge is 0.381 e. The van der Waals surface area contributed by atoms with Crippen LogP contribution in [0.1, 0.15) is 16.9 Å². The Morgan fingerprint density at radius 3 is 2.94 bits per heavy atom. The van der Waals surface area contributed by atoms with Crippen molar-refractivity contribution in [3.63, 3.8) is 0 Å². The van der Waals surface area contributed by atoms with Gasteiger partial charge in [-0.2, -0.15) is 0 Å². The predicted octanol–water partition coefficient (Wildman–Crippen LogP) is 1.82. The summed E-state index contributed by atoms with van der Waals surface area (Å²) in [5, 5.41) is 3.82. The maximum Gasteiger partial charge on any atom is 0.170 e. The third-order valence-electron chi connectivity index (χ3n) is 3.19. The van der Waals surface area contributed by atoms with Crippen molar-refractivity contribution < 1.29 is 4.52 Å². The molecule has 0 saturated carbocycles. The fourth-order valence-electron chi connectivity index (χ4n) is 2.28. The fourth-order valence-corrected chi connectivity index (χ4v) is 2.28. The number of fused-ring (bicyclic) bond motifs is 1. The van der Waals surface area contributed by atoms with E-state index >= 15 is 0 Å². The Balaban J connectivity index is 1.72. The molecule has 0 bridgehead atoms. The van der Waals surface area contributed by atoms with Crippen LogP contribution in [0.3, 0.4) is 0 Å². The van der Waals surface area contributed by atoms with Crippen molar-refractivity contribution in [1.82, 2.24) is 10.1 Å². The van der Waals surface area contributed by atoms with Crippen LogP contribution in [0.4, 0.5) is 5.82 Å². The Bertz CT molecular complexity index is 507. The second kappa shape index (κ2) is 4.22. The molecule has 4 nitrogen and oxygen atoms in total. The first-order valence-corrected chi connectivity index (χ1v) is 5.82. The molecular formula is C13H15N3O.